The van der Waals surface area contributed by atoms with Gasteiger partial charge in [-0.05, 0) is 63.7 Å². The van der Waals surface area contributed by atoms with Crippen molar-refractivity contribution in [2.24, 2.45) is 0 Å². The van der Waals surface area contributed by atoms with Gasteiger partial charge in [-0.25, -0.2) is 4.90 Å². The van der Waals surface area contributed by atoms with Crippen LogP contribution < -0.4 is 4.90 Å². The molecule has 0 N–H and O–H groups in total. The molecule has 2 heterocycles. The molecule has 2 amide bonds. The summed E-state index contributed by atoms with van der Waals surface area (Å²) in [5.41, 5.74) is 3.29. The predicted molar refractivity (Wildman–Crippen MR) is 120 cm³/mol. The third kappa shape index (κ3) is 3.75. The highest BCUT2D eigenvalue weighted by Gasteiger charge is 2.43. The molecular formula is C24H26ClN3O2. The SMILES string of the molecule is Cc1ccc(C2=C(N(C)C3CCN(C)CC3)C(=O)N(c3cccc(Cl)c3)C2=O)cc1. The zero-order valence-electron chi connectivity index (χ0n) is 17.6. The molecule has 1 saturated heterocycles. The molecular weight excluding hydrogens is 398 g/mol. The number of amides is 2. The number of imide groups is 1. The molecule has 0 aromatic heterocycles. The zero-order valence-corrected chi connectivity index (χ0v) is 18.3. The highest BCUT2D eigenvalue weighted by Crippen LogP contribution is 2.36. The van der Waals surface area contributed by atoms with Crippen LogP contribution in [0.2, 0.25) is 5.02 Å². The summed E-state index contributed by atoms with van der Waals surface area (Å²) < 4.78 is 0. The fourth-order valence-corrected chi connectivity index (χ4v) is 4.42. The largest absolute Gasteiger partial charge is 0.366 e. The van der Waals surface area contributed by atoms with Crippen molar-refractivity contribution >= 4 is 34.7 Å². The van der Waals surface area contributed by atoms with E-state index in [1.54, 1.807) is 24.3 Å². The average Bonchev–Trinajstić information content (AvgIpc) is 2.99. The van der Waals surface area contributed by atoms with Gasteiger partial charge in [0, 0.05) is 18.1 Å². The van der Waals surface area contributed by atoms with E-state index < -0.39 is 0 Å². The minimum absolute atomic E-state index is 0.215. The number of piperidine rings is 1. The maximum atomic E-state index is 13.6. The van der Waals surface area contributed by atoms with Gasteiger partial charge in [0.25, 0.3) is 11.8 Å². The van der Waals surface area contributed by atoms with Gasteiger partial charge in [0.2, 0.25) is 0 Å². The van der Waals surface area contributed by atoms with Crippen LogP contribution in [0.15, 0.2) is 54.2 Å². The van der Waals surface area contributed by atoms with Crippen molar-refractivity contribution in [1.29, 1.82) is 0 Å². The average molecular weight is 424 g/mol. The lowest BCUT2D eigenvalue weighted by Crippen LogP contribution is -2.43. The van der Waals surface area contributed by atoms with E-state index in [-0.39, 0.29) is 17.9 Å². The Bertz CT molecular complexity index is 1010. The summed E-state index contributed by atoms with van der Waals surface area (Å²) in [6, 6.07) is 14.9. The summed E-state index contributed by atoms with van der Waals surface area (Å²) in [7, 11) is 4.05. The van der Waals surface area contributed by atoms with Gasteiger partial charge in [0.1, 0.15) is 5.70 Å². The van der Waals surface area contributed by atoms with Gasteiger partial charge < -0.3 is 9.80 Å². The number of likely N-dealkylation sites (tertiary alicyclic amines) is 1. The van der Waals surface area contributed by atoms with E-state index in [2.05, 4.69) is 11.9 Å². The van der Waals surface area contributed by atoms with Gasteiger partial charge >= 0.3 is 0 Å². The number of anilines is 1. The summed E-state index contributed by atoms with van der Waals surface area (Å²) in [6.07, 6.45) is 1.91. The van der Waals surface area contributed by atoms with E-state index in [9.17, 15) is 9.59 Å². The highest BCUT2D eigenvalue weighted by atomic mass is 35.5. The number of rotatable bonds is 4. The first-order valence-corrected chi connectivity index (χ1v) is 10.6. The first-order chi connectivity index (χ1) is 14.4. The molecule has 2 aliphatic rings. The Labute approximate surface area is 182 Å². The highest BCUT2D eigenvalue weighted by molar-refractivity contribution is 6.45. The second-order valence-electron chi connectivity index (χ2n) is 8.16. The van der Waals surface area contributed by atoms with Crippen LogP contribution in [-0.2, 0) is 9.59 Å². The fraction of sp³-hybridized carbons (Fsp3) is 0.333. The Kier molecular flexibility index (Phi) is 5.67. The van der Waals surface area contributed by atoms with E-state index in [0.29, 0.717) is 22.0 Å². The molecule has 5 nitrogen and oxygen atoms in total. The van der Waals surface area contributed by atoms with Gasteiger partial charge in [-0.15, -0.1) is 0 Å². The summed E-state index contributed by atoms with van der Waals surface area (Å²) in [5, 5.41) is 0.488. The minimum Gasteiger partial charge on any atom is -0.366 e. The molecule has 6 heteroatoms. The number of carbonyl (C=O) groups is 2. The number of likely N-dealkylation sites (N-methyl/N-ethyl adjacent to an activating group) is 1. The van der Waals surface area contributed by atoms with Crippen LogP contribution in [0.5, 0.6) is 0 Å². The lowest BCUT2D eigenvalue weighted by Gasteiger charge is -2.36. The number of halogens is 1. The number of hydrogen-bond acceptors (Lipinski definition) is 4. The quantitative estimate of drug-likeness (QED) is 0.698. The minimum atomic E-state index is -0.305. The molecule has 0 spiro atoms. The van der Waals surface area contributed by atoms with Crippen molar-refractivity contribution in [1.82, 2.24) is 9.80 Å². The normalized spacial score (nSPS) is 18.5. The molecule has 2 aliphatic heterocycles. The fourth-order valence-electron chi connectivity index (χ4n) is 4.24. The molecule has 0 unspecified atom stereocenters. The van der Waals surface area contributed by atoms with Crippen LogP contribution in [0.4, 0.5) is 5.69 Å². The van der Waals surface area contributed by atoms with Gasteiger partial charge in [0.05, 0.1) is 11.3 Å². The number of carbonyl (C=O) groups excluding carboxylic acids is 2. The van der Waals surface area contributed by atoms with Crippen molar-refractivity contribution < 1.29 is 9.59 Å². The summed E-state index contributed by atoms with van der Waals surface area (Å²) >= 11 is 6.15. The lowest BCUT2D eigenvalue weighted by atomic mass is 9.99. The summed E-state index contributed by atoms with van der Waals surface area (Å²) in [5.74, 6) is -0.597. The zero-order chi connectivity index (χ0) is 21.4. The molecule has 0 radical (unpaired) electrons. The van der Waals surface area contributed by atoms with Crippen LogP contribution in [0, 0.1) is 6.92 Å². The number of hydrogen-bond donors (Lipinski definition) is 0. The Balaban J connectivity index is 1.79. The van der Waals surface area contributed by atoms with Crippen LogP contribution in [0.3, 0.4) is 0 Å². The van der Waals surface area contributed by atoms with Crippen molar-refractivity contribution in [3.8, 4) is 0 Å². The monoisotopic (exact) mass is 423 g/mol. The van der Waals surface area contributed by atoms with E-state index in [4.69, 9.17) is 11.6 Å². The number of nitrogens with zero attached hydrogens (tertiary/aromatic N) is 3. The molecule has 156 valence electrons. The molecule has 1 fully saturated rings. The molecule has 30 heavy (non-hydrogen) atoms. The van der Waals surface area contributed by atoms with E-state index in [1.165, 1.54) is 4.90 Å². The first-order valence-electron chi connectivity index (χ1n) is 10.2. The second-order valence-corrected chi connectivity index (χ2v) is 8.60. The molecule has 0 atom stereocenters. The Hall–Kier alpha value is -2.63. The van der Waals surface area contributed by atoms with E-state index in [0.717, 1.165) is 37.1 Å². The molecule has 0 aliphatic carbocycles. The third-order valence-corrected chi connectivity index (χ3v) is 6.29. The topological polar surface area (TPSA) is 43.9 Å². The maximum absolute atomic E-state index is 13.6. The lowest BCUT2D eigenvalue weighted by molar-refractivity contribution is -0.120. The van der Waals surface area contributed by atoms with Gasteiger partial charge in [-0.2, -0.15) is 0 Å². The van der Waals surface area contributed by atoms with Crippen molar-refractivity contribution in [3.05, 3.63) is 70.4 Å². The van der Waals surface area contributed by atoms with Gasteiger partial charge in [-0.3, -0.25) is 9.59 Å². The van der Waals surface area contributed by atoms with Crippen LogP contribution >= 0.6 is 11.6 Å². The van der Waals surface area contributed by atoms with Crippen molar-refractivity contribution in [3.63, 3.8) is 0 Å². The van der Waals surface area contributed by atoms with Crippen LogP contribution in [0.25, 0.3) is 5.57 Å². The van der Waals surface area contributed by atoms with Crippen LogP contribution in [-0.4, -0.2) is 54.8 Å². The van der Waals surface area contributed by atoms with Crippen LogP contribution in [0.1, 0.15) is 24.0 Å². The molecule has 4 rings (SSSR count). The van der Waals surface area contributed by atoms with Gasteiger partial charge in [0.15, 0.2) is 0 Å². The van der Waals surface area contributed by atoms with Gasteiger partial charge in [-0.1, -0.05) is 47.5 Å². The Morgan fingerprint density at radius 2 is 1.67 bits per heavy atom. The molecule has 0 bridgehead atoms. The van der Waals surface area contributed by atoms with Crippen molar-refractivity contribution in [2.45, 2.75) is 25.8 Å². The second kappa shape index (κ2) is 8.25. The Morgan fingerprint density at radius 3 is 2.30 bits per heavy atom. The smallest absolute Gasteiger partial charge is 0.282 e. The maximum Gasteiger partial charge on any atom is 0.282 e. The van der Waals surface area contributed by atoms with E-state index in [1.807, 2.05) is 43.1 Å². The molecule has 2 aromatic rings. The van der Waals surface area contributed by atoms with Crippen molar-refractivity contribution in [2.75, 3.05) is 32.1 Å². The molecule has 0 saturated carbocycles. The molecule has 2 aromatic carbocycles. The first kappa shape index (κ1) is 20.6. The summed E-state index contributed by atoms with van der Waals surface area (Å²) in [6.45, 7) is 3.95. The summed E-state index contributed by atoms with van der Waals surface area (Å²) in [4.78, 5) is 32.7. The standard InChI is InChI=1S/C24H26ClN3O2/c1-16-7-9-17(10-8-16)21-22(27(3)19-11-13-26(2)14-12-19)24(30)28(23(21)29)20-6-4-5-18(25)15-20/h4-10,15,19H,11-14H2,1-3H3. The predicted octanol–water partition coefficient (Wildman–Crippen LogP) is 3.96. The number of aryl methyl sites for hydroxylation is 1. The Morgan fingerprint density at radius 1 is 1.00 bits per heavy atom. The van der Waals surface area contributed by atoms with E-state index >= 15 is 0 Å². The third-order valence-electron chi connectivity index (χ3n) is 6.05. The number of benzene rings is 2.